The van der Waals surface area contributed by atoms with Crippen LogP contribution in [0.15, 0.2) is 84.9 Å². The quantitative estimate of drug-likeness (QED) is 0.148. The van der Waals surface area contributed by atoms with Gasteiger partial charge >= 0.3 is 0 Å². The summed E-state index contributed by atoms with van der Waals surface area (Å²) in [5.74, 6) is -1.02. The van der Waals surface area contributed by atoms with Crippen LogP contribution >= 0.6 is 0 Å². The summed E-state index contributed by atoms with van der Waals surface area (Å²) in [5, 5.41) is 28.7. The number of nitrogens with one attached hydrogen (secondary N) is 2. The van der Waals surface area contributed by atoms with Crippen LogP contribution in [0.1, 0.15) is 33.6 Å². The van der Waals surface area contributed by atoms with Crippen LogP contribution in [0.3, 0.4) is 0 Å². The molecule has 0 aromatic heterocycles. The first-order valence-electron chi connectivity index (χ1n) is 14.5. The Balaban J connectivity index is 1.20. The molecular weight excluding hydrogens is 563 g/mol. The predicted octanol–water partition coefficient (Wildman–Crippen LogP) is 3.74. The topological polar surface area (TPSA) is 136 Å². The van der Waals surface area contributed by atoms with Crippen molar-refractivity contribution in [2.24, 2.45) is 0 Å². The number of carbonyl (C=O) groups is 3. The van der Waals surface area contributed by atoms with E-state index in [0.717, 1.165) is 26.2 Å². The molecule has 226 valence electrons. The number of nitrogens with zero attached hydrogens (tertiary/aromatic N) is 1. The number of phenols is 2. The normalized spacial score (nSPS) is 12.9. The number of nitrogens with two attached hydrogens (primary N) is 1. The summed E-state index contributed by atoms with van der Waals surface area (Å²) in [6, 6.07) is 21.4. The Morgan fingerprint density at radius 1 is 0.750 bits per heavy atom. The maximum absolute atomic E-state index is 13.3. The molecule has 3 amide bonds. The standard InChI is InChI=1S/C34H33FN4O5/c35-26-10-7-23(8-11-26)29-21-27(12-14-31(29)41)38-34(44)25-9-13-30(40)28(20-25)22-3-5-24(6-4-22)33(43)37-15-1-2-32(42)39-18-16-36-17-19-39/h3-14,20-21,36,40-41H,1-2,15-19H2,(H,37,43)(H,38,44)/p+1. The van der Waals surface area contributed by atoms with Crippen molar-refractivity contribution >= 4 is 23.4 Å². The maximum Gasteiger partial charge on any atom is 0.255 e. The number of carbonyl (C=O) groups excluding carboxylic acids is 3. The van der Waals surface area contributed by atoms with Gasteiger partial charge in [0.25, 0.3) is 11.8 Å². The van der Waals surface area contributed by atoms with Gasteiger partial charge in [0.1, 0.15) is 17.3 Å². The summed E-state index contributed by atoms with van der Waals surface area (Å²) in [6.07, 6.45) is 0.952. The van der Waals surface area contributed by atoms with Crippen LogP contribution in [0.5, 0.6) is 11.5 Å². The molecule has 0 aliphatic carbocycles. The van der Waals surface area contributed by atoms with Crippen LogP contribution in [0.2, 0.25) is 0 Å². The van der Waals surface area contributed by atoms with Crippen LogP contribution in [-0.4, -0.2) is 65.6 Å². The zero-order valence-corrected chi connectivity index (χ0v) is 24.1. The van der Waals surface area contributed by atoms with E-state index in [1.54, 1.807) is 42.5 Å². The van der Waals surface area contributed by atoms with Crippen LogP contribution < -0.4 is 16.0 Å². The van der Waals surface area contributed by atoms with Gasteiger partial charge in [-0.25, -0.2) is 4.39 Å². The van der Waals surface area contributed by atoms with E-state index in [1.807, 2.05) is 4.90 Å². The smallest absolute Gasteiger partial charge is 0.255 e. The minimum absolute atomic E-state index is 0.0133. The highest BCUT2D eigenvalue weighted by molar-refractivity contribution is 6.05. The summed E-state index contributed by atoms with van der Waals surface area (Å²) in [6.45, 7) is 3.76. The van der Waals surface area contributed by atoms with E-state index >= 15 is 0 Å². The van der Waals surface area contributed by atoms with Crippen molar-refractivity contribution < 1.29 is 34.3 Å². The fourth-order valence-corrected chi connectivity index (χ4v) is 5.09. The first-order valence-corrected chi connectivity index (χ1v) is 14.5. The molecule has 1 aliphatic heterocycles. The monoisotopic (exact) mass is 597 g/mol. The van der Waals surface area contributed by atoms with Crippen molar-refractivity contribution in [3.8, 4) is 33.8 Å². The van der Waals surface area contributed by atoms with Gasteiger partial charge in [0.05, 0.1) is 26.2 Å². The SMILES string of the molecule is O=C(NCCCC(=O)N1CC[NH2+]CC1)c1ccc(-c2cc(C(=O)Nc3ccc(O)c(-c4ccc(F)cc4)c3)ccc2O)cc1. The van der Waals surface area contributed by atoms with Gasteiger partial charge in [-0.05, 0) is 78.2 Å². The van der Waals surface area contributed by atoms with Gasteiger partial charge in [0.2, 0.25) is 5.91 Å². The lowest BCUT2D eigenvalue weighted by atomic mass is 10.00. The van der Waals surface area contributed by atoms with Gasteiger partial charge < -0.3 is 31.1 Å². The molecule has 1 fully saturated rings. The molecular formula is C34H34FN4O5+. The number of anilines is 1. The summed E-state index contributed by atoms with van der Waals surface area (Å²) in [5.41, 5.74) is 3.19. The number of amides is 3. The molecule has 4 aromatic rings. The minimum atomic E-state index is -0.435. The Labute approximate surface area is 254 Å². The molecule has 0 unspecified atom stereocenters. The molecule has 0 spiro atoms. The number of hydrogen-bond acceptors (Lipinski definition) is 5. The molecule has 1 aliphatic rings. The van der Waals surface area contributed by atoms with Gasteiger partial charge in [-0.3, -0.25) is 14.4 Å². The Morgan fingerprint density at radius 3 is 2.02 bits per heavy atom. The Morgan fingerprint density at radius 2 is 1.34 bits per heavy atom. The molecule has 0 atom stereocenters. The lowest BCUT2D eigenvalue weighted by Crippen LogP contribution is -2.89. The van der Waals surface area contributed by atoms with E-state index in [2.05, 4.69) is 16.0 Å². The van der Waals surface area contributed by atoms with Gasteiger partial charge in [-0.2, -0.15) is 0 Å². The third-order valence-electron chi connectivity index (χ3n) is 7.54. The van der Waals surface area contributed by atoms with Crippen molar-refractivity contribution in [3.05, 3.63) is 102 Å². The Hall–Kier alpha value is -5.22. The average Bonchev–Trinajstić information content (AvgIpc) is 3.05. The molecule has 1 heterocycles. The average molecular weight is 598 g/mol. The van der Waals surface area contributed by atoms with Crippen LogP contribution in [0.4, 0.5) is 10.1 Å². The van der Waals surface area contributed by atoms with Gasteiger partial charge in [0, 0.05) is 40.9 Å². The van der Waals surface area contributed by atoms with Crippen molar-refractivity contribution in [2.75, 3.05) is 38.0 Å². The van der Waals surface area contributed by atoms with Gasteiger partial charge in [-0.1, -0.05) is 24.3 Å². The zero-order valence-electron chi connectivity index (χ0n) is 24.1. The number of hydrogen-bond donors (Lipinski definition) is 5. The molecule has 10 heteroatoms. The van der Waals surface area contributed by atoms with E-state index in [-0.39, 0.29) is 28.9 Å². The van der Waals surface area contributed by atoms with E-state index in [4.69, 9.17) is 0 Å². The number of phenolic OH excluding ortho intramolecular Hbond substituents is 2. The number of halogens is 1. The highest BCUT2D eigenvalue weighted by Crippen LogP contribution is 2.33. The molecule has 4 aromatic carbocycles. The third kappa shape index (κ3) is 7.40. The molecule has 6 N–H and O–H groups in total. The molecule has 0 radical (unpaired) electrons. The highest BCUT2D eigenvalue weighted by Gasteiger charge is 2.18. The number of piperazine rings is 1. The minimum Gasteiger partial charge on any atom is -0.507 e. The fraction of sp³-hybridized carbons (Fsp3) is 0.206. The molecule has 0 saturated carbocycles. The van der Waals surface area contributed by atoms with E-state index in [1.165, 1.54) is 42.5 Å². The first-order chi connectivity index (χ1) is 21.3. The molecule has 5 rings (SSSR count). The molecule has 9 nitrogen and oxygen atoms in total. The van der Waals surface area contributed by atoms with E-state index in [9.17, 15) is 29.0 Å². The number of benzene rings is 4. The number of quaternary nitrogens is 1. The number of rotatable bonds is 9. The molecule has 44 heavy (non-hydrogen) atoms. The Bertz CT molecular complexity index is 1650. The maximum atomic E-state index is 13.3. The van der Waals surface area contributed by atoms with Crippen LogP contribution in [0.25, 0.3) is 22.3 Å². The second-order valence-corrected chi connectivity index (χ2v) is 10.6. The van der Waals surface area contributed by atoms with Crippen LogP contribution in [0, 0.1) is 5.82 Å². The van der Waals surface area contributed by atoms with Crippen molar-refractivity contribution in [3.63, 3.8) is 0 Å². The lowest BCUT2D eigenvalue weighted by molar-refractivity contribution is -0.662. The zero-order chi connectivity index (χ0) is 31.1. The fourth-order valence-electron chi connectivity index (χ4n) is 5.09. The summed E-state index contributed by atoms with van der Waals surface area (Å²) in [7, 11) is 0. The Kier molecular flexibility index (Phi) is 9.51. The number of aromatic hydroxyl groups is 2. The summed E-state index contributed by atoms with van der Waals surface area (Å²) < 4.78 is 13.3. The second kappa shape index (κ2) is 13.8. The summed E-state index contributed by atoms with van der Waals surface area (Å²) >= 11 is 0. The van der Waals surface area contributed by atoms with Gasteiger partial charge in [0.15, 0.2) is 0 Å². The second-order valence-electron chi connectivity index (χ2n) is 10.6. The van der Waals surface area contributed by atoms with E-state index in [0.29, 0.717) is 52.9 Å². The van der Waals surface area contributed by atoms with Crippen molar-refractivity contribution in [1.29, 1.82) is 0 Å². The highest BCUT2D eigenvalue weighted by atomic mass is 19.1. The van der Waals surface area contributed by atoms with Crippen LogP contribution in [-0.2, 0) is 4.79 Å². The first kappa shape index (κ1) is 30.2. The predicted molar refractivity (Wildman–Crippen MR) is 165 cm³/mol. The largest absolute Gasteiger partial charge is 0.507 e. The summed E-state index contributed by atoms with van der Waals surface area (Å²) in [4.78, 5) is 39.9. The third-order valence-corrected chi connectivity index (χ3v) is 7.54. The van der Waals surface area contributed by atoms with E-state index < -0.39 is 11.7 Å². The lowest BCUT2D eigenvalue weighted by Gasteiger charge is -2.25. The van der Waals surface area contributed by atoms with Crippen molar-refractivity contribution in [1.82, 2.24) is 10.2 Å². The van der Waals surface area contributed by atoms with Gasteiger partial charge in [-0.15, -0.1) is 0 Å². The molecule has 0 bridgehead atoms. The van der Waals surface area contributed by atoms with Crippen molar-refractivity contribution in [2.45, 2.75) is 12.8 Å². The molecule has 1 saturated heterocycles.